The Labute approximate surface area is 158 Å². The minimum absolute atomic E-state index is 0.107. The van der Waals surface area contributed by atoms with Gasteiger partial charge in [0, 0.05) is 18.7 Å². The van der Waals surface area contributed by atoms with Crippen LogP contribution in [0.15, 0.2) is 28.7 Å². The molecule has 4 rings (SSSR count). The maximum atomic E-state index is 13.1. The van der Waals surface area contributed by atoms with E-state index in [4.69, 9.17) is 13.9 Å². The number of morpholine rings is 1. The van der Waals surface area contributed by atoms with Crippen molar-refractivity contribution in [3.63, 3.8) is 0 Å². The van der Waals surface area contributed by atoms with Crippen LogP contribution in [0.2, 0.25) is 0 Å². The highest BCUT2D eigenvalue weighted by Gasteiger charge is 2.32. The zero-order valence-electron chi connectivity index (χ0n) is 15.3. The highest BCUT2D eigenvalue weighted by molar-refractivity contribution is 5.79. The van der Waals surface area contributed by atoms with Crippen LogP contribution in [0.5, 0.6) is 5.75 Å². The second kappa shape index (κ2) is 6.97. The van der Waals surface area contributed by atoms with E-state index in [2.05, 4.69) is 9.97 Å². The van der Waals surface area contributed by atoms with Crippen molar-refractivity contribution in [2.45, 2.75) is 13.1 Å². The van der Waals surface area contributed by atoms with Gasteiger partial charge in [0.05, 0.1) is 31.6 Å². The van der Waals surface area contributed by atoms with Crippen LogP contribution in [0.1, 0.15) is 11.1 Å². The lowest BCUT2D eigenvalue weighted by molar-refractivity contribution is -0.137. The Morgan fingerprint density at radius 2 is 1.86 bits per heavy atom. The van der Waals surface area contributed by atoms with Gasteiger partial charge >= 0.3 is 6.18 Å². The molecule has 0 amide bonds. The molecule has 6 nitrogen and oxygen atoms in total. The fourth-order valence-electron chi connectivity index (χ4n) is 3.24. The molecule has 0 aliphatic carbocycles. The lowest BCUT2D eigenvalue weighted by Crippen LogP contribution is -2.36. The van der Waals surface area contributed by atoms with E-state index in [-0.39, 0.29) is 5.75 Å². The Bertz CT molecular complexity index is 1010. The van der Waals surface area contributed by atoms with Crippen LogP contribution in [0.3, 0.4) is 0 Å². The van der Waals surface area contributed by atoms with Crippen LogP contribution in [0.25, 0.3) is 22.5 Å². The van der Waals surface area contributed by atoms with E-state index < -0.39 is 11.7 Å². The van der Waals surface area contributed by atoms with Gasteiger partial charge in [0.15, 0.2) is 5.58 Å². The number of aromatic nitrogens is 2. The molecule has 1 aromatic carbocycles. The number of aryl methyl sites for hydroxylation is 1. The molecule has 1 saturated heterocycles. The molecule has 0 spiro atoms. The highest BCUT2D eigenvalue weighted by atomic mass is 19.4. The number of hydrogen-bond donors (Lipinski definition) is 0. The average Bonchev–Trinajstić information content (AvgIpc) is 3.10. The van der Waals surface area contributed by atoms with Crippen molar-refractivity contribution in [2.24, 2.45) is 0 Å². The van der Waals surface area contributed by atoms with Gasteiger partial charge in [0.1, 0.15) is 5.75 Å². The maximum Gasteiger partial charge on any atom is 0.416 e. The van der Waals surface area contributed by atoms with Crippen LogP contribution in [0, 0.1) is 6.92 Å². The molecule has 0 unspecified atom stereocenters. The van der Waals surface area contributed by atoms with E-state index >= 15 is 0 Å². The molecule has 0 N–H and O–H groups in total. The summed E-state index contributed by atoms with van der Waals surface area (Å²) in [5, 5.41) is 0. The summed E-state index contributed by atoms with van der Waals surface area (Å²) in [4.78, 5) is 10.9. The maximum absolute atomic E-state index is 13.1. The topological polar surface area (TPSA) is 60.6 Å². The summed E-state index contributed by atoms with van der Waals surface area (Å²) in [6, 6.07) is 5.93. The summed E-state index contributed by atoms with van der Waals surface area (Å²) in [5.74, 6) is 0.107. The Balaban J connectivity index is 1.76. The lowest BCUT2D eigenvalue weighted by Gasteiger charge is -2.24. The standard InChI is InChI=1S/C19H18F3N3O3/c1-11-9-12(19(20,21)22)10-15(26-2)16(11)13-3-4-14-17(23-13)24-18(28-14)25-5-7-27-8-6-25/h3-4,9-10H,5-8H2,1-2H3. The van der Waals surface area contributed by atoms with Crippen LogP contribution in [-0.4, -0.2) is 43.4 Å². The minimum atomic E-state index is -4.45. The summed E-state index contributed by atoms with van der Waals surface area (Å²) < 4.78 is 55.6. The number of nitrogens with zero attached hydrogens (tertiary/aromatic N) is 3. The lowest BCUT2D eigenvalue weighted by atomic mass is 10.00. The van der Waals surface area contributed by atoms with E-state index in [0.717, 1.165) is 12.1 Å². The van der Waals surface area contributed by atoms with Gasteiger partial charge in [-0.1, -0.05) is 0 Å². The summed E-state index contributed by atoms with van der Waals surface area (Å²) >= 11 is 0. The molecule has 0 atom stereocenters. The number of ether oxygens (including phenoxy) is 2. The number of hydrogen-bond acceptors (Lipinski definition) is 6. The molecule has 0 bridgehead atoms. The SMILES string of the molecule is COc1cc(C(F)(F)F)cc(C)c1-c1ccc2oc(N3CCOCC3)nc2n1. The van der Waals surface area contributed by atoms with E-state index in [1.807, 2.05) is 4.90 Å². The first-order valence-electron chi connectivity index (χ1n) is 8.73. The van der Waals surface area contributed by atoms with Crippen molar-refractivity contribution in [1.82, 2.24) is 9.97 Å². The smallest absolute Gasteiger partial charge is 0.416 e. The fraction of sp³-hybridized carbons (Fsp3) is 0.368. The van der Waals surface area contributed by atoms with E-state index in [0.29, 0.717) is 60.4 Å². The van der Waals surface area contributed by atoms with Gasteiger partial charge in [-0.25, -0.2) is 4.98 Å². The molecule has 1 aliphatic heterocycles. The third-order valence-corrected chi connectivity index (χ3v) is 4.63. The van der Waals surface area contributed by atoms with E-state index in [9.17, 15) is 13.2 Å². The van der Waals surface area contributed by atoms with Crippen molar-refractivity contribution >= 4 is 17.2 Å². The number of pyridine rings is 1. The third kappa shape index (κ3) is 3.37. The number of anilines is 1. The predicted octanol–water partition coefficient (Wildman–Crippen LogP) is 4.06. The first-order chi connectivity index (χ1) is 13.4. The molecular weight excluding hydrogens is 375 g/mol. The van der Waals surface area contributed by atoms with Gasteiger partial charge in [-0.2, -0.15) is 18.2 Å². The molecule has 1 fully saturated rings. The molecule has 2 aromatic heterocycles. The number of oxazole rings is 1. The Kier molecular flexibility index (Phi) is 4.62. The summed E-state index contributed by atoms with van der Waals surface area (Å²) in [7, 11) is 1.34. The Morgan fingerprint density at radius 3 is 2.54 bits per heavy atom. The third-order valence-electron chi connectivity index (χ3n) is 4.63. The largest absolute Gasteiger partial charge is 0.496 e. The van der Waals surface area contributed by atoms with E-state index in [1.165, 1.54) is 7.11 Å². The van der Waals surface area contributed by atoms with Crippen LogP contribution < -0.4 is 9.64 Å². The van der Waals surface area contributed by atoms with Crippen molar-refractivity contribution in [1.29, 1.82) is 0 Å². The number of halogens is 3. The van der Waals surface area contributed by atoms with Gasteiger partial charge in [-0.05, 0) is 36.8 Å². The van der Waals surface area contributed by atoms with Crippen LogP contribution >= 0.6 is 0 Å². The predicted molar refractivity (Wildman–Crippen MR) is 96.6 cm³/mol. The van der Waals surface area contributed by atoms with Crippen LogP contribution in [-0.2, 0) is 10.9 Å². The molecule has 3 heterocycles. The number of methoxy groups -OCH3 is 1. The molecule has 3 aromatic rings. The summed E-state index contributed by atoms with van der Waals surface area (Å²) in [6.07, 6.45) is -4.45. The second-order valence-corrected chi connectivity index (χ2v) is 6.48. The first-order valence-corrected chi connectivity index (χ1v) is 8.73. The molecule has 1 aliphatic rings. The Hall–Kier alpha value is -2.81. The van der Waals surface area contributed by atoms with Gasteiger partial charge in [0.2, 0.25) is 5.65 Å². The van der Waals surface area contributed by atoms with Gasteiger partial charge < -0.3 is 18.8 Å². The molecule has 148 valence electrons. The van der Waals surface area contributed by atoms with Crippen molar-refractivity contribution in [3.8, 4) is 17.0 Å². The molecule has 28 heavy (non-hydrogen) atoms. The van der Waals surface area contributed by atoms with Gasteiger partial charge in [-0.15, -0.1) is 0 Å². The first kappa shape index (κ1) is 18.5. The summed E-state index contributed by atoms with van der Waals surface area (Å²) in [5.41, 5.74) is 1.51. The zero-order valence-corrected chi connectivity index (χ0v) is 15.3. The van der Waals surface area contributed by atoms with Gasteiger partial charge in [-0.3, -0.25) is 0 Å². The average molecular weight is 393 g/mol. The normalized spacial score (nSPS) is 15.2. The fourth-order valence-corrected chi connectivity index (χ4v) is 3.24. The minimum Gasteiger partial charge on any atom is -0.496 e. The molecular formula is C19H18F3N3O3. The van der Waals surface area contributed by atoms with E-state index in [1.54, 1.807) is 19.1 Å². The van der Waals surface area contributed by atoms with Crippen LogP contribution in [0.4, 0.5) is 19.2 Å². The quantitative estimate of drug-likeness (QED) is 0.669. The number of fused-ring (bicyclic) bond motifs is 1. The molecule has 0 radical (unpaired) electrons. The number of alkyl halides is 3. The monoisotopic (exact) mass is 393 g/mol. The summed E-state index contributed by atoms with van der Waals surface area (Å²) in [6.45, 7) is 4.14. The van der Waals surface area contributed by atoms with Gasteiger partial charge in [0.25, 0.3) is 6.01 Å². The second-order valence-electron chi connectivity index (χ2n) is 6.48. The van der Waals surface area contributed by atoms with Crippen molar-refractivity contribution < 1.29 is 27.1 Å². The molecule has 9 heteroatoms. The number of rotatable bonds is 3. The highest BCUT2D eigenvalue weighted by Crippen LogP contribution is 2.39. The number of benzene rings is 1. The van der Waals surface area contributed by atoms with Crippen molar-refractivity contribution in [3.05, 3.63) is 35.4 Å². The Morgan fingerprint density at radius 1 is 1.11 bits per heavy atom. The zero-order chi connectivity index (χ0) is 19.9. The van der Waals surface area contributed by atoms with Crippen molar-refractivity contribution in [2.75, 3.05) is 38.3 Å². The molecule has 0 saturated carbocycles.